The zero-order valence-corrected chi connectivity index (χ0v) is 13.4. The van der Waals surface area contributed by atoms with Gasteiger partial charge in [0.15, 0.2) is 10.9 Å². The topological polar surface area (TPSA) is 118 Å². The van der Waals surface area contributed by atoms with Crippen LogP contribution in [-0.2, 0) is 17.6 Å². The van der Waals surface area contributed by atoms with Crippen molar-refractivity contribution in [1.29, 1.82) is 0 Å². The van der Waals surface area contributed by atoms with Crippen molar-refractivity contribution < 1.29 is 14.4 Å². The van der Waals surface area contributed by atoms with Gasteiger partial charge >= 0.3 is 0 Å². The van der Waals surface area contributed by atoms with Gasteiger partial charge in [-0.05, 0) is 25.3 Å². The fraction of sp³-hybridized carbons (Fsp3) is 0.333. The van der Waals surface area contributed by atoms with Crippen molar-refractivity contribution in [3.05, 3.63) is 33.6 Å². The number of rotatable bonds is 4. The predicted molar refractivity (Wildman–Crippen MR) is 85.8 cm³/mol. The lowest BCUT2D eigenvalue weighted by molar-refractivity contribution is -0.117. The quantitative estimate of drug-likeness (QED) is 0.787. The standard InChI is InChI=1S/C15H16N4O3S/c1-7-12-9(3-2-4-10(12)20)18-13(7)14(22)19-15-17-8(6-23-15)5-11(16)21/h6,18H,2-5H2,1H3,(H2,16,21)(H,17,19,22). The molecule has 0 saturated carbocycles. The number of ketones is 1. The molecule has 1 aliphatic rings. The number of nitrogens with one attached hydrogen (secondary N) is 2. The first-order chi connectivity index (χ1) is 11.0. The first kappa shape index (κ1) is 15.4. The molecule has 0 fully saturated rings. The number of Topliss-reactive ketones (excluding diaryl/α,β-unsaturated/α-hetero) is 1. The number of fused-ring (bicyclic) bond motifs is 1. The molecule has 0 unspecified atom stereocenters. The summed E-state index contributed by atoms with van der Waals surface area (Å²) in [5.41, 5.74) is 8.18. The number of thiazole rings is 1. The maximum Gasteiger partial charge on any atom is 0.274 e. The van der Waals surface area contributed by atoms with Gasteiger partial charge in [-0.15, -0.1) is 11.3 Å². The number of nitrogens with zero attached hydrogens (tertiary/aromatic N) is 1. The normalized spacial score (nSPS) is 13.7. The van der Waals surface area contributed by atoms with E-state index in [0.29, 0.717) is 34.1 Å². The molecular weight excluding hydrogens is 316 g/mol. The van der Waals surface area contributed by atoms with Gasteiger partial charge in [0.25, 0.3) is 5.91 Å². The number of aryl methyl sites for hydroxylation is 1. The Bertz CT molecular complexity index is 806. The van der Waals surface area contributed by atoms with Crippen LogP contribution in [0.5, 0.6) is 0 Å². The highest BCUT2D eigenvalue weighted by atomic mass is 32.1. The number of aromatic nitrogens is 2. The zero-order valence-electron chi connectivity index (χ0n) is 12.6. The fourth-order valence-corrected chi connectivity index (χ4v) is 3.49. The molecule has 120 valence electrons. The number of anilines is 1. The second kappa shape index (κ2) is 5.96. The number of carbonyl (C=O) groups is 3. The Morgan fingerprint density at radius 2 is 2.22 bits per heavy atom. The van der Waals surface area contributed by atoms with E-state index < -0.39 is 5.91 Å². The molecule has 3 rings (SSSR count). The van der Waals surface area contributed by atoms with Gasteiger partial charge in [0.05, 0.1) is 12.1 Å². The van der Waals surface area contributed by atoms with Crippen LogP contribution >= 0.6 is 11.3 Å². The number of aromatic amines is 1. The summed E-state index contributed by atoms with van der Waals surface area (Å²) in [5, 5.41) is 4.76. The van der Waals surface area contributed by atoms with E-state index in [9.17, 15) is 14.4 Å². The summed E-state index contributed by atoms with van der Waals surface area (Å²) in [4.78, 5) is 42.5. The summed E-state index contributed by atoms with van der Waals surface area (Å²) in [7, 11) is 0. The Kier molecular flexibility index (Phi) is 3.99. The van der Waals surface area contributed by atoms with E-state index >= 15 is 0 Å². The van der Waals surface area contributed by atoms with Gasteiger partial charge in [-0.3, -0.25) is 19.7 Å². The average molecular weight is 332 g/mol. The number of H-pyrrole nitrogens is 1. The average Bonchev–Trinajstić information content (AvgIpc) is 3.04. The lowest BCUT2D eigenvalue weighted by atomic mass is 9.94. The summed E-state index contributed by atoms with van der Waals surface area (Å²) in [6.07, 6.45) is 2.14. The molecule has 0 saturated heterocycles. The molecule has 0 atom stereocenters. The van der Waals surface area contributed by atoms with Gasteiger partial charge in [-0.1, -0.05) is 0 Å². The van der Waals surface area contributed by atoms with Gasteiger partial charge in [-0.25, -0.2) is 4.98 Å². The minimum absolute atomic E-state index is 0.0384. The lowest BCUT2D eigenvalue weighted by Crippen LogP contribution is -2.15. The van der Waals surface area contributed by atoms with E-state index in [1.54, 1.807) is 12.3 Å². The lowest BCUT2D eigenvalue weighted by Gasteiger charge is -2.09. The maximum atomic E-state index is 12.4. The van der Waals surface area contributed by atoms with E-state index in [-0.39, 0.29) is 18.1 Å². The molecule has 7 nitrogen and oxygen atoms in total. The Morgan fingerprint density at radius 3 is 2.91 bits per heavy atom. The molecule has 2 aromatic rings. The van der Waals surface area contributed by atoms with Crippen LogP contribution < -0.4 is 11.1 Å². The summed E-state index contributed by atoms with van der Waals surface area (Å²) in [5.74, 6) is -0.735. The van der Waals surface area contributed by atoms with Gasteiger partial charge in [0, 0.05) is 23.1 Å². The molecule has 0 bridgehead atoms. The highest BCUT2D eigenvalue weighted by Gasteiger charge is 2.26. The van der Waals surface area contributed by atoms with Crippen molar-refractivity contribution in [2.45, 2.75) is 32.6 Å². The van der Waals surface area contributed by atoms with Gasteiger partial charge in [-0.2, -0.15) is 0 Å². The Balaban J connectivity index is 1.80. The number of hydrogen-bond acceptors (Lipinski definition) is 5. The van der Waals surface area contributed by atoms with Crippen molar-refractivity contribution in [2.75, 3.05) is 5.32 Å². The van der Waals surface area contributed by atoms with Gasteiger partial charge < -0.3 is 10.7 Å². The van der Waals surface area contributed by atoms with Crippen molar-refractivity contribution in [2.24, 2.45) is 5.73 Å². The Labute approximate surface area is 136 Å². The number of primary amides is 1. The summed E-state index contributed by atoms with van der Waals surface area (Å²) in [6, 6.07) is 0. The van der Waals surface area contributed by atoms with Crippen LogP contribution in [0.1, 0.15) is 50.6 Å². The second-order valence-electron chi connectivity index (χ2n) is 5.50. The number of hydrogen-bond donors (Lipinski definition) is 3. The second-order valence-corrected chi connectivity index (χ2v) is 6.35. The fourth-order valence-electron chi connectivity index (χ4n) is 2.78. The zero-order chi connectivity index (χ0) is 16.6. The molecule has 2 heterocycles. The van der Waals surface area contributed by atoms with Gasteiger partial charge in [0.2, 0.25) is 5.91 Å². The van der Waals surface area contributed by atoms with Crippen molar-refractivity contribution in [3.63, 3.8) is 0 Å². The van der Waals surface area contributed by atoms with E-state index in [1.165, 1.54) is 11.3 Å². The van der Waals surface area contributed by atoms with E-state index in [4.69, 9.17) is 5.73 Å². The summed E-state index contributed by atoms with van der Waals surface area (Å²) >= 11 is 1.22. The molecule has 1 aliphatic carbocycles. The molecule has 0 radical (unpaired) electrons. The third-order valence-corrected chi connectivity index (χ3v) is 4.60. The molecule has 0 aromatic carbocycles. The molecule has 8 heteroatoms. The third-order valence-electron chi connectivity index (χ3n) is 3.79. The first-order valence-electron chi connectivity index (χ1n) is 7.24. The van der Waals surface area contributed by atoms with E-state index in [2.05, 4.69) is 15.3 Å². The Hall–Kier alpha value is -2.48. The van der Waals surface area contributed by atoms with Crippen LogP contribution in [0.2, 0.25) is 0 Å². The van der Waals surface area contributed by atoms with E-state index in [1.807, 2.05) is 0 Å². The molecule has 2 aromatic heterocycles. The van der Waals surface area contributed by atoms with Crippen LogP contribution in [0.4, 0.5) is 5.13 Å². The first-order valence-corrected chi connectivity index (χ1v) is 8.12. The molecule has 4 N–H and O–H groups in total. The third kappa shape index (κ3) is 3.02. The SMILES string of the molecule is Cc1c(C(=O)Nc2nc(CC(N)=O)cs2)[nH]c2c1C(=O)CCC2. The van der Waals surface area contributed by atoms with Crippen molar-refractivity contribution in [1.82, 2.24) is 9.97 Å². The highest BCUT2D eigenvalue weighted by Crippen LogP contribution is 2.27. The summed E-state index contributed by atoms with van der Waals surface area (Å²) < 4.78 is 0. The van der Waals surface area contributed by atoms with Crippen LogP contribution in [0, 0.1) is 6.92 Å². The van der Waals surface area contributed by atoms with Crippen molar-refractivity contribution in [3.8, 4) is 0 Å². The minimum Gasteiger partial charge on any atom is -0.369 e. The molecule has 2 amide bonds. The smallest absolute Gasteiger partial charge is 0.274 e. The monoisotopic (exact) mass is 332 g/mol. The molecule has 0 aliphatic heterocycles. The highest BCUT2D eigenvalue weighted by molar-refractivity contribution is 7.14. The van der Waals surface area contributed by atoms with Crippen LogP contribution in [0.3, 0.4) is 0 Å². The minimum atomic E-state index is -0.473. The summed E-state index contributed by atoms with van der Waals surface area (Å²) in [6.45, 7) is 1.77. The van der Waals surface area contributed by atoms with Crippen LogP contribution in [0.15, 0.2) is 5.38 Å². The maximum absolute atomic E-state index is 12.4. The molecular formula is C15H16N4O3S. The number of amides is 2. The van der Waals surface area contributed by atoms with Crippen molar-refractivity contribution >= 4 is 34.1 Å². The largest absolute Gasteiger partial charge is 0.369 e. The number of nitrogens with two attached hydrogens (primary N) is 1. The van der Waals surface area contributed by atoms with E-state index in [0.717, 1.165) is 18.5 Å². The Morgan fingerprint density at radius 1 is 1.43 bits per heavy atom. The predicted octanol–water partition coefficient (Wildman–Crippen LogP) is 1.58. The molecule has 0 spiro atoms. The van der Waals surface area contributed by atoms with Crippen LogP contribution in [-0.4, -0.2) is 27.6 Å². The number of carbonyl (C=O) groups excluding carboxylic acids is 3. The van der Waals surface area contributed by atoms with Crippen LogP contribution in [0.25, 0.3) is 0 Å². The van der Waals surface area contributed by atoms with Gasteiger partial charge in [0.1, 0.15) is 5.69 Å². The molecule has 23 heavy (non-hydrogen) atoms.